The molecule has 2 unspecified atom stereocenters. The van der Waals surface area contributed by atoms with E-state index in [9.17, 15) is 5.11 Å². The topological polar surface area (TPSA) is 50.9 Å². The van der Waals surface area contributed by atoms with Gasteiger partial charge in [0, 0.05) is 41.9 Å². The van der Waals surface area contributed by atoms with Crippen LogP contribution in [-0.4, -0.2) is 27.7 Å². The van der Waals surface area contributed by atoms with Gasteiger partial charge in [0.2, 0.25) is 0 Å². The van der Waals surface area contributed by atoms with Gasteiger partial charge < -0.3 is 9.67 Å². The number of aromatic hydroxyl groups is 1. The molecule has 1 N–H and O–H groups in total. The van der Waals surface area contributed by atoms with Crippen LogP contribution in [-0.2, 0) is 17.9 Å². The summed E-state index contributed by atoms with van der Waals surface area (Å²) in [6.07, 6.45) is 11.2. The molecule has 0 fully saturated rings. The van der Waals surface area contributed by atoms with Gasteiger partial charge in [0.25, 0.3) is 0 Å². The molecule has 0 saturated carbocycles. The number of phenols is 1. The van der Waals surface area contributed by atoms with Crippen molar-refractivity contribution in [3.63, 3.8) is 0 Å². The zero-order valence-electron chi connectivity index (χ0n) is 34.2. The molecule has 5 aromatic rings. The van der Waals surface area contributed by atoms with Crippen LogP contribution in [0.5, 0.6) is 5.75 Å². The molecule has 7 rings (SSSR count). The molecule has 54 heavy (non-hydrogen) atoms. The van der Waals surface area contributed by atoms with Gasteiger partial charge >= 0.3 is 0 Å². The second-order valence-electron chi connectivity index (χ2n) is 18.6. The van der Waals surface area contributed by atoms with Crippen molar-refractivity contribution in [1.29, 1.82) is 0 Å². The maximum Gasteiger partial charge on any atom is 0.144 e. The van der Waals surface area contributed by atoms with Crippen molar-refractivity contribution in [1.82, 2.24) is 14.5 Å². The quantitative estimate of drug-likeness (QED) is 0.177. The second kappa shape index (κ2) is 13.8. The molecule has 0 amide bonds. The van der Waals surface area contributed by atoms with E-state index < -0.39 is 8.07 Å². The Bertz CT molecular complexity index is 2310. The zero-order valence-corrected chi connectivity index (χ0v) is 35.2. The number of imidazole rings is 1. The molecule has 0 bridgehead atoms. The average Bonchev–Trinajstić information content (AvgIpc) is 3.48. The molecule has 5 heteroatoms. The van der Waals surface area contributed by atoms with E-state index in [0.717, 1.165) is 46.8 Å². The summed E-state index contributed by atoms with van der Waals surface area (Å²) in [5.41, 5.74) is 13.3. The first kappa shape index (κ1) is 37.6. The Morgan fingerprint density at radius 3 is 2.13 bits per heavy atom. The minimum absolute atomic E-state index is 0.0895. The molecule has 0 saturated heterocycles. The highest BCUT2D eigenvalue weighted by molar-refractivity contribution is 6.89. The van der Waals surface area contributed by atoms with Gasteiger partial charge in [0.1, 0.15) is 11.6 Å². The Morgan fingerprint density at radius 2 is 1.50 bits per heavy atom. The Morgan fingerprint density at radius 1 is 0.833 bits per heavy atom. The number of fused-ring (bicyclic) bond motifs is 1. The Labute approximate surface area is 324 Å². The first-order chi connectivity index (χ1) is 25.4. The van der Waals surface area contributed by atoms with E-state index in [2.05, 4.69) is 183 Å². The number of pyridine rings is 1. The number of aromatic nitrogens is 3. The van der Waals surface area contributed by atoms with E-state index in [-0.39, 0.29) is 22.7 Å². The number of phenolic OH excluding ortho intramolecular Hbond substituents is 1. The summed E-state index contributed by atoms with van der Waals surface area (Å²) in [6, 6.07) is 28.4. The third-order valence-electron chi connectivity index (χ3n) is 11.4. The van der Waals surface area contributed by atoms with Crippen LogP contribution in [0.3, 0.4) is 0 Å². The predicted octanol–water partition coefficient (Wildman–Crippen LogP) is 12.1. The molecule has 3 aromatic carbocycles. The molecule has 0 radical (unpaired) electrons. The summed E-state index contributed by atoms with van der Waals surface area (Å²) in [6.45, 7) is 22.7. The first-order valence-corrected chi connectivity index (χ1v) is 23.1. The molecule has 4 nitrogen and oxygen atoms in total. The smallest absolute Gasteiger partial charge is 0.144 e. The van der Waals surface area contributed by atoms with E-state index in [4.69, 9.17) is 9.97 Å². The SMILES string of the molecule is CC1CC=C(C2=CC(c3ccccc3)CC(c3cc(-c4ccccc4)c([Si](C)(C)C)cn3)=C2)c2nc(-c3cc(C(C)(C)C)cc(C(C)(C)C)c3O)n(C)c21. The number of allylic oxidation sites excluding steroid dienone is 6. The Hall–Kier alpha value is -4.74. The van der Waals surface area contributed by atoms with Gasteiger partial charge in [-0.15, -0.1) is 0 Å². The van der Waals surface area contributed by atoms with Crippen molar-refractivity contribution in [3.8, 4) is 28.3 Å². The summed E-state index contributed by atoms with van der Waals surface area (Å²) in [5, 5.41) is 13.3. The maximum atomic E-state index is 11.9. The highest BCUT2D eigenvalue weighted by atomic mass is 28.3. The second-order valence-corrected chi connectivity index (χ2v) is 23.7. The van der Waals surface area contributed by atoms with Crippen LogP contribution in [0.1, 0.15) is 107 Å². The zero-order chi connectivity index (χ0) is 38.7. The highest BCUT2D eigenvalue weighted by Gasteiger charge is 2.33. The number of hydrogen-bond acceptors (Lipinski definition) is 3. The van der Waals surface area contributed by atoms with Crippen molar-refractivity contribution in [2.24, 2.45) is 7.05 Å². The third kappa shape index (κ3) is 7.11. The molecule has 2 atom stereocenters. The van der Waals surface area contributed by atoms with Gasteiger partial charge in [-0.3, -0.25) is 4.98 Å². The molecular weight excluding hydrogens is 675 g/mol. The molecule has 2 heterocycles. The fourth-order valence-corrected chi connectivity index (χ4v) is 9.71. The maximum absolute atomic E-state index is 11.9. The molecule has 2 aromatic heterocycles. The summed E-state index contributed by atoms with van der Waals surface area (Å²) < 4.78 is 2.24. The molecule has 278 valence electrons. The van der Waals surface area contributed by atoms with E-state index in [1.165, 1.54) is 44.3 Å². The first-order valence-electron chi connectivity index (χ1n) is 19.6. The summed E-state index contributed by atoms with van der Waals surface area (Å²) in [5.74, 6) is 1.61. The van der Waals surface area contributed by atoms with Crippen molar-refractivity contribution >= 4 is 24.4 Å². The summed E-state index contributed by atoms with van der Waals surface area (Å²) in [4.78, 5) is 10.7. The van der Waals surface area contributed by atoms with E-state index in [1.807, 2.05) is 0 Å². The molecule has 0 spiro atoms. The van der Waals surface area contributed by atoms with Crippen LogP contribution in [0.15, 0.2) is 109 Å². The number of hydrogen-bond donors (Lipinski definition) is 1. The van der Waals surface area contributed by atoms with E-state index in [1.54, 1.807) is 0 Å². The fourth-order valence-electron chi connectivity index (χ4n) is 8.23. The van der Waals surface area contributed by atoms with E-state index in [0.29, 0.717) is 5.75 Å². The van der Waals surface area contributed by atoms with Gasteiger partial charge in [0.05, 0.1) is 25.0 Å². The van der Waals surface area contributed by atoms with Crippen LogP contribution >= 0.6 is 0 Å². The van der Waals surface area contributed by atoms with Crippen molar-refractivity contribution < 1.29 is 5.11 Å². The normalized spacial score (nSPS) is 17.8. The van der Waals surface area contributed by atoms with Crippen LogP contribution in [0.25, 0.3) is 33.7 Å². The predicted molar refractivity (Wildman–Crippen MR) is 231 cm³/mol. The van der Waals surface area contributed by atoms with Gasteiger partial charge in [-0.2, -0.15) is 0 Å². The number of benzene rings is 3. The largest absolute Gasteiger partial charge is 0.507 e. The lowest BCUT2D eigenvalue weighted by Gasteiger charge is -2.27. The van der Waals surface area contributed by atoms with Gasteiger partial charge in [-0.05, 0) is 80.5 Å². The summed E-state index contributed by atoms with van der Waals surface area (Å²) in [7, 11) is 0.444. The van der Waals surface area contributed by atoms with Gasteiger partial charge in [0.15, 0.2) is 0 Å². The number of rotatable bonds is 6. The average molecular weight is 732 g/mol. The minimum atomic E-state index is -1.68. The lowest BCUT2D eigenvalue weighted by atomic mass is 9.79. The third-order valence-corrected chi connectivity index (χ3v) is 13.4. The van der Waals surface area contributed by atoms with Crippen molar-refractivity contribution in [3.05, 3.63) is 143 Å². The Kier molecular flexibility index (Phi) is 9.63. The van der Waals surface area contributed by atoms with Crippen LogP contribution in [0.4, 0.5) is 0 Å². The van der Waals surface area contributed by atoms with Crippen molar-refractivity contribution in [2.45, 2.75) is 104 Å². The minimum Gasteiger partial charge on any atom is -0.507 e. The van der Waals surface area contributed by atoms with Crippen LogP contribution in [0, 0.1) is 0 Å². The van der Waals surface area contributed by atoms with E-state index >= 15 is 0 Å². The van der Waals surface area contributed by atoms with Gasteiger partial charge in [-0.25, -0.2) is 4.98 Å². The van der Waals surface area contributed by atoms with Crippen LogP contribution in [0.2, 0.25) is 19.6 Å². The van der Waals surface area contributed by atoms with Crippen LogP contribution < -0.4 is 5.19 Å². The molecule has 0 aliphatic heterocycles. The Balaban J connectivity index is 1.40. The monoisotopic (exact) mass is 731 g/mol. The number of nitrogens with zero attached hydrogens (tertiary/aromatic N) is 3. The lowest BCUT2D eigenvalue weighted by molar-refractivity contribution is 0.446. The summed E-state index contributed by atoms with van der Waals surface area (Å²) >= 11 is 0. The van der Waals surface area contributed by atoms with Crippen molar-refractivity contribution in [2.75, 3.05) is 0 Å². The fraction of sp³-hybridized carbons (Fsp3) is 0.347. The molecule has 2 aliphatic rings. The van der Waals surface area contributed by atoms with Gasteiger partial charge in [-0.1, -0.05) is 147 Å². The lowest BCUT2D eigenvalue weighted by Crippen LogP contribution is -2.39. The highest BCUT2D eigenvalue weighted by Crippen LogP contribution is 2.47. The molecule has 2 aliphatic carbocycles. The molecular formula is C49H57N3OSi. The standard InChI is InChI=1S/C49H57N3OSi/c1-31-22-23-38(44-45(31)52(8)47(51-44)40-27-37(48(2,3)4)28-41(46(40)53)49(5,6)7)35-24-34(32-18-14-12-15-19-32)25-36(26-35)42-29-39(33-20-16-13-17-21-33)43(30-50-42)54(9,10)11/h12-21,23-24,26-31,34,53H,22,25H2,1-11H3.